The van der Waals surface area contributed by atoms with E-state index in [9.17, 15) is 4.79 Å². The quantitative estimate of drug-likeness (QED) is 0.428. The molecule has 4 saturated carbocycles. The summed E-state index contributed by atoms with van der Waals surface area (Å²) < 4.78 is 5.80. The summed E-state index contributed by atoms with van der Waals surface area (Å²) >= 11 is 0. The van der Waals surface area contributed by atoms with Gasteiger partial charge in [-0.3, -0.25) is 0 Å². The lowest BCUT2D eigenvalue weighted by atomic mass is 9.51. The number of carbonyl (C=O) groups is 1. The van der Waals surface area contributed by atoms with Crippen molar-refractivity contribution < 1.29 is 9.53 Å². The van der Waals surface area contributed by atoms with Gasteiger partial charge in [-0.2, -0.15) is 0 Å². The summed E-state index contributed by atoms with van der Waals surface area (Å²) in [5, 5.41) is 0. The van der Waals surface area contributed by atoms with E-state index in [4.69, 9.17) is 4.74 Å². The van der Waals surface area contributed by atoms with E-state index in [2.05, 4.69) is 34.3 Å². The fourth-order valence-corrected chi connectivity index (χ4v) is 7.02. The summed E-state index contributed by atoms with van der Waals surface area (Å²) in [5.41, 5.74) is 1.40. The van der Waals surface area contributed by atoms with E-state index in [0.29, 0.717) is 22.3 Å². The summed E-state index contributed by atoms with van der Waals surface area (Å²) in [6, 6.07) is 0. The van der Waals surface area contributed by atoms with Crippen LogP contribution in [0.25, 0.3) is 0 Å². The van der Waals surface area contributed by atoms with Crippen LogP contribution in [0.2, 0.25) is 0 Å². The molecule has 0 amide bonds. The highest BCUT2D eigenvalue weighted by Gasteiger charge is 2.72. The zero-order valence-electron chi connectivity index (χ0n) is 14.7. The number of carbonyl (C=O) groups excluding carboxylic acids is 1. The Bertz CT molecular complexity index is 544. The van der Waals surface area contributed by atoms with Crippen molar-refractivity contribution in [3.8, 4) is 0 Å². The third-order valence-corrected chi connectivity index (χ3v) is 8.63. The van der Waals surface area contributed by atoms with Crippen LogP contribution in [-0.2, 0) is 9.53 Å². The van der Waals surface area contributed by atoms with Crippen molar-refractivity contribution in [1.82, 2.24) is 0 Å². The lowest BCUT2D eigenvalue weighted by Gasteiger charge is -2.54. The molecule has 4 bridgehead atoms. The molecule has 0 aliphatic heterocycles. The highest BCUT2D eigenvalue weighted by atomic mass is 16.5. The lowest BCUT2D eigenvalue weighted by Crippen LogP contribution is -2.50. The molecule has 22 heavy (non-hydrogen) atoms. The number of ether oxygens (including phenoxy) is 1. The molecule has 0 spiro atoms. The molecule has 7 atom stereocenters. The second-order valence-corrected chi connectivity index (χ2v) is 9.67. The van der Waals surface area contributed by atoms with Gasteiger partial charge in [0.05, 0.1) is 0 Å². The highest BCUT2D eigenvalue weighted by molar-refractivity contribution is 5.87. The lowest BCUT2D eigenvalue weighted by molar-refractivity contribution is -0.152. The Morgan fingerprint density at radius 2 is 1.59 bits per heavy atom. The number of fused-ring (bicyclic) bond motifs is 9. The molecule has 122 valence electrons. The zero-order chi connectivity index (χ0) is 16.0. The molecule has 2 heteroatoms. The average Bonchev–Trinajstić information content (AvgIpc) is 3.08. The predicted octanol–water partition coefficient (Wildman–Crippen LogP) is 4.45. The van der Waals surface area contributed by atoms with Crippen LogP contribution in [0.5, 0.6) is 0 Å². The van der Waals surface area contributed by atoms with Crippen molar-refractivity contribution in [2.75, 3.05) is 0 Å². The minimum absolute atomic E-state index is 0.161. The van der Waals surface area contributed by atoms with E-state index in [1.54, 1.807) is 6.92 Å². The standard InChI is InChI=1S/C20H30O2/c1-10(2)18(21)22-15-8-11-7-12(15)17-14-9-13(16(11)17)19(3,4)20(14,5)6/h11-17H,1,7-9H2,2-6H3. The van der Waals surface area contributed by atoms with Gasteiger partial charge >= 0.3 is 5.97 Å². The van der Waals surface area contributed by atoms with E-state index in [1.165, 1.54) is 12.8 Å². The predicted molar refractivity (Wildman–Crippen MR) is 87.0 cm³/mol. The van der Waals surface area contributed by atoms with Gasteiger partial charge in [0, 0.05) is 5.57 Å². The van der Waals surface area contributed by atoms with Crippen molar-refractivity contribution in [2.24, 2.45) is 46.3 Å². The van der Waals surface area contributed by atoms with E-state index in [1.807, 2.05) is 0 Å². The van der Waals surface area contributed by atoms with Crippen LogP contribution < -0.4 is 0 Å². The molecule has 2 nitrogen and oxygen atoms in total. The Hall–Kier alpha value is -0.790. The molecule has 4 aliphatic carbocycles. The van der Waals surface area contributed by atoms with Gasteiger partial charge in [-0.15, -0.1) is 0 Å². The second kappa shape index (κ2) is 4.19. The van der Waals surface area contributed by atoms with Crippen molar-refractivity contribution >= 4 is 5.97 Å². The van der Waals surface area contributed by atoms with Gasteiger partial charge in [-0.1, -0.05) is 34.3 Å². The Kier molecular flexibility index (Phi) is 2.81. The van der Waals surface area contributed by atoms with Crippen molar-refractivity contribution in [2.45, 2.75) is 60.0 Å². The topological polar surface area (TPSA) is 26.3 Å². The molecule has 0 aromatic rings. The smallest absolute Gasteiger partial charge is 0.333 e. The van der Waals surface area contributed by atoms with Crippen LogP contribution in [-0.4, -0.2) is 12.1 Å². The molecule has 0 saturated heterocycles. The molecule has 0 aromatic carbocycles. The average molecular weight is 302 g/mol. The van der Waals surface area contributed by atoms with Gasteiger partial charge in [-0.25, -0.2) is 4.79 Å². The minimum Gasteiger partial charge on any atom is -0.459 e. The van der Waals surface area contributed by atoms with Crippen LogP contribution in [0.3, 0.4) is 0 Å². The van der Waals surface area contributed by atoms with E-state index in [-0.39, 0.29) is 12.1 Å². The maximum Gasteiger partial charge on any atom is 0.333 e. The van der Waals surface area contributed by atoms with Crippen LogP contribution in [0.15, 0.2) is 12.2 Å². The largest absolute Gasteiger partial charge is 0.459 e. The highest BCUT2D eigenvalue weighted by Crippen LogP contribution is 2.77. The minimum atomic E-state index is -0.183. The summed E-state index contributed by atoms with van der Waals surface area (Å²) in [5.74, 6) is 4.63. The number of esters is 1. The first-order valence-electron chi connectivity index (χ1n) is 9.02. The Morgan fingerprint density at radius 3 is 2.18 bits per heavy atom. The summed E-state index contributed by atoms with van der Waals surface area (Å²) in [4.78, 5) is 11.9. The summed E-state index contributed by atoms with van der Waals surface area (Å²) in [7, 11) is 0. The summed E-state index contributed by atoms with van der Waals surface area (Å²) in [6.07, 6.45) is 3.96. The molecule has 0 N–H and O–H groups in total. The molecule has 4 fully saturated rings. The molecule has 4 aliphatic rings. The van der Waals surface area contributed by atoms with E-state index >= 15 is 0 Å². The third-order valence-electron chi connectivity index (χ3n) is 8.63. The fraction of sp³-hybridized carbons (Fsp3) is 0.850. The monoisotopic (exact) mass is 302 g/mol. The van der Waals surface area contributed by atoms with Crippen molar-refractivity contribution in [1.29, 1.82) is 0 Å². The van der Waals surface area contributed by atoms with Gasteiger partial charge in [0.25, 0.3) is 0 Å². The number of hydrogen-bond donors (Lipinski definition) is 0. The van der Waals surface area contributed by atoms with Gasteiger partial charge in [-0.05, 0) is 72.5 Å². The normalized spacial score (nSPS) is 49.2. The Labute approximate surface area is 134 Å². The van der Waals surface area contributed by atoms with Crippen LogP contribution in [0.4, 0.5) is 0 Å². The zero-order valence-corrected chi connectivity index (χ0v) is 14.7. The van der Waals surface area contributed by atoms with Gasteiger partial charge in [0.1, 0.15) is 6.10 Å². The SMILES string of the molecule is C=C(C)C(=O)OC1CC2CC1C1C2C2CC1C(C)(C)C2(C)C. The van der Waals surface area contributed by atoms with Crippen molar-refractivity contribution in [3.05, 3.63) is 12.2 Å². The summed E-state index contributed by atoms with van der Waals surface area (Å²) in [6.45, 7) is 15.4. The maximum atomic E-state index is 11.9. The molecule has 0 radical (unpaired) electrons. The molecule has 7 unspecified atom stereocenters. The first kappa shape index (κ1) is 14.8. The molecule has 0 aromatic heterocycles. The van der Waals surface area contributed by atoms with E-state index < -0.39 is 0 Å². The first-order valence-corrected chi connectivity index (χ1v) is 9.02. The first-order chi connectivity index (χ1) is 10.2. The van der Waals surface area contributed by atoms with Gasteiger partial charge in [0.15, 0.2) is 0 Å². The van der Waals surface area contributed by atoms with E-state index in [0.717, 1.165) is 36.0 Å². The molecule has 0 heterocycles. The molecular formula is C20H30O2. The maximum absolute atomic E-state index is 11.9. The van der Waals surface area contributed by atoms with Gasteiger partial charge < -0.3 is 4.74 Å². The fourth-order valence-electron chi connectivity index (χ4n) is 7.02. The Morgan fingerprint density at radius 1 is 1.00 bits per heavy atom. The second-order valence-electron chi connectivity index (χ2n) is 9.67. The van der Waals surface area contributed by atoms with Gasteiger partial charge in [0.2, 0.25) is 0 Å². The molecular weight excluding hydrogens is 272 g/mol. The third kappa shape index (κ3) is 1.55. The molecule has 4 rings (SSSR count). The van der Waals surface area contributed by atoms with Crippen LogP contribution >= 0.6 is 0 Å². The number of rotatable bonds is 2. The van der Waals surface area contributed by atoms with Crippen LogP contribution in [0.1, 0.15) is 53.9 Å². The van der Waals surface area contributed by atoms with Crippen LogP contribution in [0, 0.1) is 46.3 Å². The number of hydrogen-bond acceptors (Lipinski definition) is 2. The van der Waals surface area contributed by atoms with Crippen molar-refractivity contribution in [3.63, 3.8) is 0 Å². The Balaban J connectivity index is 1.60.